The van der Waals surface area contributed by atoms with Gasteiger partial charge in [-0.15, -0.1) is 0 Å². The molecule has 0 fully saturated rings. The van der Waals surface area contributed by atoms with Gasteiger partial charge in [0.05, 0.1) is 6.10 Å². The lowest BCUT2D eigenvalue weighted by Crippen LogP contribution is -2.46. The van der Waals surface area contributed by atoms with Crippen LogP contribution in [0.15, 0.2) is 0 Å². The molecule has 0 spiro atoms. The summed E-state index contributed by atoms with van der Waals surface area (Å²) in [4.78, 5) is 2.38. The van der Waals surface area contributed by atoms with Crippen molar-refractivity contribution in [1.29, 1.82) is 0 Å². The van der Waals surface area contributed by atoms with Crippen molar-refractivity contribution in [2.45, 2.75) is 78.0 Å². The lowest BCUT2D eigenvalue weighted by atomic mass is 9.99. The fraction of sp³-hybridized carbons (Fsp3) is 1.00. The molecule has 2 nitrogen and oxygen atoms in total. The van der Waals surface area contributed by atoms with Crippen LogP contribution in [0.5, 0.6) is 0 Å². The quantitative estimate of drug-likeness (QED) is 0.672. The number of rotatable bonds is 8. The highest BCUT2D eigenvalue weighted by Gasteiger charge is 2.24. The van der Waals surface area contributed by atoms with E-state index >= 15 is 0 Å². The molecule has 0 heterocycles. The molecule has 0 saturated heterocycles. The second-order valence-corrected chi connectivity index (χ2v) is 4.47. The summed E-state index contributed by atoms with van der Waals surface area (Å²) >= 11 is 0. The normalized spacial score (nSPS) is 16.0. The van der Waals surface area contributed by atoms with Crippen molar-refractivity contribution in [2.75, 3.05) is 7.05 Å². The maximum atomic E-state index is 10.1. The largest absolute Gasteiger partial charge is 0.391 e. The minimum absolute atomic E-state index is 0.161. The molecule has 2 atom stereocenters. The molecule has 0 aromatic rings. The molecule has 0 rings (SSSR count). The maximum Gasteiger partial charge on any atom is 0.0695 e. The van der Waals surface area contributed by atoms with Crippen LogP contribution in [0, 0.1) is 0 Å². The fourth-order valence-corrected chi connectivity index (χ4v) is 2.46. The Hall–Kier alpha value is -0.0800. The molecule has 0 amide bonds. The fourth-order valence-electron chi connectivity index (χ4n) is 2.46. The number of hydrogen-bond donors (Lipinski definition) is 1. The molecule has 0 aliphatic carbocycles. The first kappa shape index (κ1) is 14.9. The predicted molar refractivity (Wildman–Crippen MR) is 67.1 cm³/mol. The third-order valence-electron chi connectivity index (χ3n) is 3.49. The van der Waals surface area contributed by atoms with Crippen molar-refractivity contribution in [1.82, 2.24) is 4.90 Å². The molecule has 15 heavy (non-hydrogen) atoms. The van der Waals surface area contributed by atoms with Crippen molar-refractivity contribution in [2.24, 2.45) is 0 Å². The van der Waals surface area contributed by atoms with E-state index in [0.29, 0.717) is 12.1 Å². The van der Waals surface area contributed by atoms with Gasteiger partial charge in [-0.05, 0) is 32.7 Å². The average molecular weight is 215 g/mol. The Morgan fingerprint density at radius 1 is 1.00 bits per heavy atom. The Labute approximate surface area is 95.7 Å². The highest BCUT2D eigenvalue weighted by atomic mass is 16.3. The monoisotopic (exact) mass is 215 g/mol. The van der Waals surface area contributed by atoms with Crippen molar-refractivity contribution in [3.63, 3.8) is 0 Å². The Balaban J connectivity index is 4.36. The van der Waals surface area contributed by atoms with Gasteiger partial charge in [-0.25, -0.2) is 0 Å². The van der Waals surface area contributed by atoms with Gasteiger partial charge in [0.2, 0.25) is 0 Å². The Morgan fingerprint density at radius 2 is 1.53 bits per heavy atom. The van der Waals surface area contributed by atoms with Crippen LogP contribution in [0.3, 0.4) is 0 Å². The smallest absolute Gasteiger partial charge is 0.0695 e. The van der Waals surface area contributed by atoms with Crippen molar-refractivity contribution < 1.29 is 5.11 Å². The van der Waals surface area contributed by atoms with Gasteiger partial charge in [0.25, 0.3) is 0 Å². The van der Waals surface area contributed by atoms with E-state index in [1.807, 2.05) is 0 Å². The summed E-state index contributed by atoms with van der Waals surface area (Å²) in [5, 5.41) is 10.1. The number of hydrogen-bond acceptors (Lipinski definition) is 2. The van der Waals surface area contributed by atoms with Crippen molar-refractivity contribution >= 4 is 0 Å². The maximum absolute atomic E-state index is 10.1. The summed E-state index contributed by atoms with van der Waals surface area (Å²) in [5.41, 5.74) is 0. The second-order valence-electron chi connectivity index (χ2n) is 4.47. The predicted octanol–water partition coefficient (Wildman–Crippen LogP) is 3.05. The lowest BCUT2D eigenvalue weighted by Gasteiger charge is -2.36. The third-order valence-corrected chi connectivity index (χ3v) is 3.49. The van der Waals surface area contributed by atoms with Gasteiger partial charge in [-0.3, -0.25) is 4.90 Å². The summed E-state index contributed by atoms with van der Waals surface area (Å²) < 4.78 is 0. The van der Waals surface area contributed by atoms with Crippen LogP contribution in [-0.4, -0.2) is 35.2 Å². The summed E-state index contributed by atoms with van der Waals surface area (Å²) in [7, 11) is 2.16. The van der Waals surface area contributed by atoms with E-state index in [1.54, 1.807) is 0 Å². The Bertz CT molecular complexity index is 145. The van der Waals surface area contributed by atoms with E-state index in [4.69, 9.17) is 0 Å². The topological polar surface area (TPSA) is 23.5 Å². The van der Waals surface area contributed by atoms with E-state index in [2.05, 4.69) is 39.6 Å². The van der Waals surface area contributed by atoms with Crippen molar-refractivity contribution in [3.8, 4) is 0 Å². The summed E-state index contributed by atoms with van der Waals surface area (Å²) in [5.74, 6) is 0. The van der Waals surface area contributed by atoms with Gasteiger partial charge < -0.3 is 5.11 Å². The van der Waals surface area contributed by atoms with Crippen LogP contribution in [-0.2, 0) is 0 Å². The second kappa shape index (κ2) is 8.12. The molecular weight excluding hydrogens is 186 g/mol. The van der Waals surface area contributed by atoms with Crippen molar-refractivity contribution in [3.05, 3.63) is 0 Å². The summed E-state index contributed by atoms with van der Waals surface area (Å²) in [6.07, 6.45) is 5.20. The van der Waals surface area contributed by atoms with E-state index < -0.39 is 0 Å². The third kappa shape index (κ3) is 4.52. The minimum Gasteiger partial charge on any atom is -0.391 e. The Morgan fingerprint density at radius 3 is 1.87 bits per heavy atom. The van der Waals surface area contributed by atoms with Gasteiger partial charge in [0.15, 0.2) is 0 Å². The lowest BCUT2D eigenvalue weighted by molar-refractivity contribution is 0.0306. The molecule has 2 unspecified atom stereocenters. The summed E-state index contributed by atoms with van der Waals surface area (Å²) in [6, 6.07) is 0.941. The van der Waals surface area contributed by atoms with E-state index in [0.717, 1.165) is 19.3 Å². The molecule has 0 saturated carbocycles. The molecular formula is C13H29NO. The molecule has 0 aliphatic rings. The molecule has 0 aromatic heterocycles. The average Bonchev–Trinajstić information content (AvgIpc) is 2.21. The van der Waals surface area contributed by atoms with E-state index in [9.17, 15) is 5.11 Å². The first-order valence-electron chi connectivity index (χ1n) is 6.52. The first-order valence-corrected chi connectivity index (χ1v) is 6.52. The van der Waals surface area contributed by atoms with Crippen LogP contribution in [0.1, 0.15) is 59.8 Å². The van der Waals surface area contributed by atoms with Gasteiger partial charge in [0, 0.05) is 12.1 Å². The van der Waals surface area contributed by atoms with Gasteiger partial charge in [-0.2, -0.15) is 0 Å². The van der Waals surface area contributed by atoms with Crippen LogP contribution in [0.2, 0.25) is 0 Å². The van der Waals surface area contributed by atoms with E-state index in [1.165, 1.54) is 12.8 Å². The number of likely N-dealkylation sites (N-methyl/N-ethyl adjacent to an activating group) is 1. The highest BCUT2D eigenvalue weighted by molar-refractivity contribution is 4.79. The van der Waals surface area contributed by atoms with Gasteiger partial charge in [-0.1, -0.05) is 34.1 Å². The van der Waals surface area contributed by atoms with E-state index in [-0.39, 0.29) is 6.10 Å². The SMILES string of the molecule is CCCC(O)C(CC)N(C)C(CC)CC. The molecule has 1 N–H and O–H groups in total. The zero-order valence-electron chi connectivity index (χ0n) is 11.2. The molecule has 2 heteroatoms. The van der Waals surface area contributed by atoms with Crippen LogP contribution in [0.4, 0.5) is 0 Å². The minimum atomic E-state index is -0.161. The highest BCUT2D eigenvalue weighted by Crippen LogP contribution is 2.17. The number of aliphatic hydroxyl groups is 1. The molecule has 0 radical (unpaired) electrons. The zero-order valence-corrected chi connectivity index (χ0v) is 11.2. The Kier molecular flexibility index (Phi) is 8.07. The number of nitrogens with zero attached hydrogens (tertiary/aromatic N) is 1. The van der Waals surface area contributed by atoms with Gasteiger partial charge in [0.1, 0.15) is 0 Å². The first-order chi connectivity index (χ1) is 7.12. The molecule has 0 aliphatic heterocycles. The van der Waals surface area contributed by atoms with Gasteiger partial charge >= 0.3 is 0 Å². The van der Waals surface area contributed by atoms with Crippen LogP contribution in [0.25, 0.3) is 0 Å². The number of aliphatic hydroxyl groups excluding tert-OH is 1. The standard InChI is InChI=1S/C13H29NO/c1-6-10-13(15)12(9-4)14(5)11(7-2)8-3/h11-13,15H,6-10H2,1-5H3. The zero-order chi connectivity index (χ0) is 11.8. The molecule has 92 valence electrons. The molecule has 0 aromatic carbocycles. The van der Waals surface area contributed by atoms with Crippen LogP contribution < -0.4 is 0 Å². The molecule has 0 bridgehead atoms. The summed E-state index contributed by atoms with van der Waals surface area (Å²) in [6.45, 7) is 8.75. The van der Waals surface area contributed by atoms with Crippen LogP contribution >= 0.6 is 0 Å².